The number of carboxylic acids is 1. The molecule has 0 spiro atoms. The summed E-state index contributed by atoms with van der Waals surface area (Å²) < 4.78 is 1.25. The van der Waals surface area contributed by atoms with Gasteiger partial charge < -0.3 is 5.11 Å². The molecule has 1 atom stereocenters. The van der Waals surface area contributed by atoms with Crippen molar-refractivity contribution in [1.29, 1.82) is 5.26 Å². The van der Waals surface area contributed by atoms with Gasteiger partial charge in [-0.2, -0.15) is 14.9 Å². The molecule has 0 aliphatic heterocycles. The van der Waals surface area contributed by atoms with E-state index in [0.717, 1.165) is 16.7 Å². The Labute approximate surface area is 165 Å². The lowest BCUT2D eigenvalue weighted by atomic mass is 9.93. The second-order valence-electron chi connectivity index (χ2n) is 6.78. The quantitative estimate of drug-likeness (QED) is 0.744. The lowest BCUT2D eigenvalue weighted by molar-refractivity contribution is -0.139. The number of benzene rings is 1. The minimum absolute atomic E-state index is 0.303. The fourth-order valence-electron chi connectivity index (χ4n) is 3.28. The average Bonchev–Trinajstić information content (AvgIpc) is 2.74. The molecular weight excluding hydrogens is 368 g/mol. The Hall–Kier alpha value is -4.05. The molecule has 0 saturated heterocycles. The maximum Gasteiger partial charge on any atom is 0.310 e. The van der Waals surface area contributed by atoms with Gasteiger partial charge in [0, 0.05) is 17.2 Å². The smallest absolute Gasteiger partial charge is 0.310 e. The summed E-state index contributed by atoms with van der Waals surface area (Å²) in [6.45, 7) is 1.80. The SMILES string of the molecule is Cc1nn2c(=O)cc(-c3ccc(C#N)cc3)nc2cc1C1=CCC(C(=O)O)C=C1. The van der Waals surface area contributed by atoms with Gasteiger partial charge in [-0.3, -0.25) is 9.59 Å². The summed E-state index contributed by atoms with van der Waals surface area (Å²) in [6, 6.07) is 12.1. The Kier molecular flexibility index (Phi) is 4.53. The highest BCUT2D eigenvalue weighted by Crippen LogP contribution is 2.27. The molecule has 0 fully saturated rings. The number of carbonyl (C=O) groups is 1. The van der Waals surface area contributed by atoms with Gasteiger partial charge in [0.15, 0.2) is 5.65 Å². The summed E-state index contributed by atoms with van der Waals surface area (Å²) >= 11 is 0. The van der Waals surface area contributed by atoms with Gasteiger partial charge in [0.25, 0.3) is 5.56 Å². The van der Waals surface area contributed by atoms with Crippen LogP contribution in [0.5, 0.6) is 0 Å². The highest BCUT2D eigenvalue weighted by molar-refractivity contribution is 5.81. The Balaban J connectivity index is 1.80. The number of nitrogens with zero attached hydrogens (tertiary/aromatic N) is 4. The molecule has 2 aromatic heterocycles. The van der Waals surface area contributed by atoms with Crippen LogP contribution in [-0.4, -0.2) is 25.7 Å². The second-order valence-corrected chi connectivity index (χ2v) is 6.78. The number of nitriles is 1. The standard InChI is InChI=1S/C22H16N4O3/c1-13-18(15-6-8-17(9-7-15)22(28)29)10-20-24-19(11-21(27)26(20)25-13)16-4-2-14(12-23)3-5-16/h2-8,10-11,17H,9H2,1H3,(H,28,29). The molecule has 1 unspecified atom stereocenters. The van der Waals surface area contributed by atoms with Gasteiger partial charge in [-0.1, -0.05) is 30.4 Å². The first-order chi connectivity index (χ1) is 14.0. The molecule has 7 heteroatoms. The van der Waals surface area contributed by atoms with Gasteiger partial charge in [-0.15, -0.1) is 0 Å². The molecule has 0 bridgehead atoms. The van der Waals surface area contributed by atoms with E-state index in [1.165, 1.54) is 10.6 Å². The summed E-state index contributed by atoms with van der Waals surface area (Å²) in [7, 11) is 0. The van der Waals surface area contributed by atoms with Crippen LogP contribution in [0, 0.1) is 24.2 Å². The monoisotopic (exact) mass is 384 g/mol. The van der Waals surface area contributed by atoms with Crippen molar-refractivity contribution in [3.8, 4) is 17.3 Å². The Morgan fingerprint density at radius 2 is 2.03 bits per heavy atom. The van der Waals surface area contributed by atoms with Crippen LogP contribution in [0.1, 0.15) is 23.2 Å². The zero-order valence-electron chi connectivity index (χ0n) is 15.5. The van der Waals surface area contributed by atoms with Crippen molar-refractivity contribution >= 4 is 17.2 Å². The van der Waals surface area contributed by atoms with Crippen molar-refractivity contribution in [2.75, 3.05) is 0 Å². The third-order valence-corrected chi connectivity index (χ3v) is 4.87. The molecule has 1 aliphatic carbocycles. The number of allylic oxidation sites excluding steroid dienone is 3. The van der Waals surface area contributed by atoms with E-state index in [9.17, 15) is 9.59 Å². The maximum absolute atomic E-state index is 12.6. The van der Waals surface area contributed by atoms with Crippen LogP contribution in [0.4, 0.5) is 0 Å². The van der Waals surface area contributed by atoms with E-state index in [0.29, 0.717) is 29.0 Å². The van der Waals surface area contributed by atoms with Crippen LogP contribution < -0.4 is 5.56 Å². The minimum Gasteiger partial charge on any atom is -0.481 e. The van der Waals surface area contributed by atoms with E-state index in [4.69, 9.17) is 10.4 Å². The molecule has 1 aromatic carbocycles. The molecule has 2 heterocycles. The molecule has 4 rings (SSSR count). The second kappa shape index (κ2) is 7.17. The van der Waals surface area contributed by atoms with E-state index < -0.39 is 11.9 Å². The highest BCUT2D eigenvalue weighted by atomic mass is 16.4. The molecule has 0 amide bonds. The highest BCUT2D eigenvalue weighted by Gasteiger charge is 2.18. The number of rotatable bonds is 3. The molecule has 7 nitrogen and oxygen atoms in total. The largest absolute Gasteiger partial charge is 0.481 e. The van der Waals surface area contributed by atoms with Gasteiger partial charge in [0.2, 0.25) is 0 Å². The van der Waals surface area contributed by atoms with Crippen molar-refractivity contribution in [3.05, 3.63) is 81.8 Å². The zero-order valence-corrected chi connectivity index (χ0v) is 15.5. The predicted molar refractivity (Wildman–Crippen MR) is 107 cm³/mol. The van der Waals surface area contributed by atoms with Crippen molar-refractivity contribution in [1.82, 2.24) is 14.6 Å². The van der Waals surface area contributed by atoms with Crippen LogP contribution in [0.15, 0.2) is 59.4 Å². The Morgan fingerprint density at radius 3 is 2.66 bits per heavy atom. The fourth-order valence-corrected chi connectivity index (χ4v) is 3.28. The average molecular weight is 384 g/mol. The number of aryl methyl sites for hydroxylation is 1. The molecule has 3 aromatic rings. The minimum atomic E-state index is -0.856. The van der Waals surface area contributed by atoms with Crippen LogP contribution >= 0.6 is 0 Å². The third-order valence-electron chi connectivity index (χ3n) is 4.87. The van der Waals surface area contributed by atoms with E-state index in [1.807, 2.05) is 6.08 Å². The number of hydrogen-bond acceptors (Lipinski definition) is 5. The first-order valence-corrected chi connectivity index (χ1v) is 9.00. The fraction of sp³-hybridized carbons (Fsp3) is 0.136. The van der Waals surface area contributed by atoms with E-state index in [-0.39, 0.29) is 5.56 Å². The maximum atomic E-state index is 12.6. The number of aliphatic carboxylic acids is 1. The van der Waals surface area contributed by atoms with Crippen molar-refractivity contribution in [2.24, 2.45) is 5.92 Å². The van der Waals surface area contributed by atoms with Crippen molar-refractivity contribution < 1.29 is 9.90 Å². The molecule has 0 saturated carbocycles. The van der Waals surface area contributed by atoms with Gasteiger partial charge in [-0.25, -0.2) is 4.98 Å². The summed E-state index contributed by atoms with van der Waals surface area (Å²) in [5, 5.41) is 22.4. The molecule has 0 radical (unpaired) electrons. The molecule has 1 aliphatic rings. The number of carboxylic acid groups (broad SMARTS) is 1. The lowest BCUT2D eigenvalue weighted by Crippen LogP contribution is -2.19. The normalized spacial score (nSPS) is 15.7. The summed E-state index contributed by atoms with van der Waals surface area (Å²) in [5.74, 6) is -1.39. The summed E-state index contributed by atoms with van der Waals surface area (Å²) in [5.41, 5.74) is 4.15. The Bertz CT molecular complexity index is 1290. The topological polar surface area (TPSA) is 108 Å². The van der Waals surface area contributed by atoms with Gasteiger partial charge in [0.05, 0.1) is 28.9 Å². The van der Waals surface area contributed by atoms with Gasteiger partial charge in [-0.05, 0) is 37.1 Å². The number of hydrogen-bond donors (Lipinski definition) is 1. The number of fused-ring (bicyclic) bond motifs is 1. The van der Waals surface area contributed by atoms with Crippen LogP contribution in [0.25, 0.3) is 22.5 Å². The van der Waals surface area contributed by atoms with E-state index in [2.05, 4.69) is 16.2 Å². The van der Waals surface area contributed by atoms with Crippen molar-refractivity contribution in [3.63, 3.8) is 0 Å². The van der Waals surface area contributed by atoms with Gasteiger partial charge >= 0.3 is 5.97 Å². The molecular formula is C22H16N4O3. The van der Waals surface area contributed by atoms with Crippen LogP contribution in [-0.2, 0) is 4.79 Å². The van der Waals surface area contributed by atoms with Crippen LogP contribution in [0.2, 0.25) is 0 Å². The van der Waals surface area contributed by atoms with Gasteiger partial charge in [0.1, 0.15) is 0 Å². The first-order valence-electron chi connectivity index (χ1n) is 9.00. The van der Waals surface area contributed by atoms with Crippen LogP contribution in [0.3, 0.4) is 0 Å². The zero-order chi connectivity index (χ0) is 20.5. The van der Waals surface area contributed by atoms with E-state index >= 15 is 0 Å². The molecule has 29 heavy (non-hydrogen) atoms. The molecule has 142 valence electrons. The predicted octanol–water partition coefficient (Wildman–Crippen LogP) is 2.98. The third kappa shape index (κ3) is 3.44. The lowest BCUT2D eigenvalue weighted by Gasteiger charge is -2.14. The molecule has 1 N–H and O–H groups in total. The first kappa shape index (κ1) is 18.3. The number of aromatic nitrogens is 3. The summed E-state index contributed by atoms with van der Waals surface area (Å²) in [6.07, 6.45) is 5.69. The van der Waals surface area contributed by atoms with E-state index in [1.54, 1.807) is 49.4 Å². The summed E-state index contributed by atoms with van der Waals surface area (Å²) in [4.78, 5) is 28.3. The van der Waals surface area contributed by atoms with Crippen molar-refractivity contribution in [2.45, 2.75) is 13.3 Å². The Morgan fingerprint density at radius 1 is 1.28 bits per heavy atom.